The summed E-state index contributed by atoms with van der Waals surface area (Å²) in [4.78, 5) is 49.7. The quantitative estimate of drug-likeness (QED) is 0.0555. The fourth-order valence-corrected chi connectivity index (χ4v) is 7.49. The number of ether oxygens (including phenoxy) is 1. The first kappa shape index (κ1) is 34.9. The second-order valence-corrected chi connectivity index (χ2v) is 13.8. The van der Waals surface area contributed by atoms with Crippen LogP contribution < -0.4 is 20.3 Å². The summed E-state index contributed by atoms with van der Waals surface area (Å²) in [5.74, 6) is 0.613. The lowest BCUT2D eigenvalue weighted by Gasteiger charge is -2.29. The molecule has 9 nitrogen and oxygen atoms in total. The molecule has 9 heteroatoms. The molecule has 3 aliphatic rings. The number of nitrogens with zero attached hydrogens (tertiary/aromatic N) is 1. The Morgan fingerprint density at radius 2 is 1.48 bits per heavy atom. The Kier molecular flexibility index (Phi) is 10.2. The van der Waals surface area contributed by atoms with Crippen LogP contribution in [0.15, 0.2) is 121 Å². The van der Waals surface area contributed by atoms with Gasteiger partial charge in [-0.15, -0.1) is 0 Å². The zero-order valence-electron chi connectivity index (χ0n) is 29.9. The third kappa shape index (κ3) is 7.63. The maximum Gasteiger partial charge on any atom is 0.255 e. The van der Waals surface area contributed by atoms with E-state index in [9.17, 15) is 14.4 Å². The largest absolute Gasteiger partial charge is 0.489 e. The number of aryl methyl sites for hydroxylation is 1. The smallest absolute Gasteiger partial charge is 0.255 e. The van der Waals surface area contributed by atoms with E-state index in [4.69, 9.17) is 14.5 Å². The van der Waals surface area contributed by atoms with Crippen LogP contribution in [0.3, 0.4) is 0 Å². The fourth-order valence-electron chi connectivity index (χ4n) is 7.49. The molecule has 1 saturated heterocycles. The molecule has 5 aromatic carbocycles. The Labute approximate surface area is 314 Å². The van der Waals surface area contributed by atoms with Crippen LogP contribution in [0.2, 0.25) is 0 Å². The van der Waals surface area contributed by atoms with Crippen molar-refractivity contribution in [1.82, 2.24) is 10.2 Å². The van der Waals surface area contributed by atoms with E-state index in [1.54, 1.807) is 11.0 Å². The highest BCUT2D eigenvalue weighted by atomic mass is 17.2. The SMILES string of the molecule is O=C1CC[C@H](N2Cc3cc(NCCCOOc4ccc(C5=C(c6ccccc6)CCc6cc(OCc7ccccc7)ccc65)cc4)ccc3C2=O)C(=O)N1. The van der Waals surface area contributed by atoms with E-state index < -0.39 is 11.9 Å². The number of allylic oxidation sites excluding steroid dienone is 1. The van der Waals surface area contributed by atoms with Crippen molar-refractivity contribution in [2.24, 2.45) is 0 Å². The van der Waals surface area contributed by atoms with Gasteiger partial charge in [0, 0.05) is 30.8 Å². The second kappa shape index (κ2) is 15.8. The number of benzene rings is 5. The van der Waals surface area contributed by atoms with Crippen molar-refractivity contribution in [1.29, 1.82) is 0 Å². The highest BCUT2D eigenvalue weighted by Crippen LogP contribution is 2.42. The van der Waals surface area contributed by atoms with Crippen LogP contribution in [-0.4, -0.2) is 41.8 Å². The van der Waals surface area contributed by atoms with Crippen LogP contribution >= 0.6 is 0 Å². The Hall–Kier alpha value is -6.19. The van der Waals surface area contributed by atoms with Crippen LogP contribution in [0.1, 0.15) is 69.4 Å². The molecular weight excluding hydrogens is 679 g/mol. The molecule has 2 N–H and O–H groups in total. The molecule has 5 aromatic rings. The van der Waals surface area contributed by atoms with Crippen molar-refractivity contribution >= 4 is 34.6 Å². The minimum atomic E-state index is -0.625. The van der Waals surface area contributed by atoms with Crippen molar-refractivity contribution < 1.29 is 28.9 Å². The van der Waals surface area contributed by atoms with E-state index in [0.717, 1.165) is 41.0 Å². The molecule has 0 saturated carbocycles. The highest BCUT2D eigenvalue weighted by molar-refractivity contribution is 6.05. The molecule has 54 heavy (non-hydrogen) atoms. The van der Waals surface area contributed by atoms with Crippen LogP contribution in [0.25, 0.3) is 11.1 Å². The van der Waals surface area contributed by atoms with Gasteiger partial charge in [0.25, 0.3) is 5.91 Å². The lowest BCUT2D eigenvalue weighted by atomic mass is 9.79. The number of hydrogen-bond acceptors (Lipinski definition) is 7. The van der Waals surface area contributed by atoms with Gasteiger partial charge < -0.3 is 19.8 Å². The van der Waals surface area contributed by atoms with Gasteiger partial charge in [0.05, 0.1) is 6.61 Å². The van der Waals surface area contributed by atoms with Crippen LogP contribution in [0.4, 0.5) is 5.69 Å². The molecule has 3 amide bonds. The molecule has 1 atom stereocenters. The molecular formula is C45H41N3O6. The van der Waals surface area contributed by atoms with Crippen molar-refractivity contribution in [3.05, 3.63) is 160 Å². The first-order valence-electron chi connectivity index (χ1n) is 18.5. The van der Waals surface area contributed by atoms with Gasteiger partial charge >= 0.3 is 0 Å². The van der Waals surface area contributed by atoms with Gasteiger partial charge in [-0.1, -0.05) is 78.9 Å². The maximum absolute atomic E-state index is 13.0. The predicted molar refractivity (Wildman–Crippen MR) is 207 cm³/mol. The van der Waals surface area contributed by atoms with Gasteiger partial charge in [0.15, 0.2) is 5.75 Å². The number of amides is 3. The number of hydrogen-bond donors (Lipinski definition) is 2. The number of nitrogens with one attached hydrogen (secondary N) is 2. The van der Waals surface area contributed by atoms with Gasteiger partial charge in [0.2, 0.25) is 11.8 Å². The Bertz CT molecular complexity index is 2200. The van der Waals surface area contributed by atoms with Crippen LogP contribution in [-0.2, 0) is 34.0 Å². The average Bonchev–Trinajstić information content (AvgIpc) is 3.53. The number of rotatable bonds is 13. The third-order valence-electron chi connectivity index (χ3n) is 10.2. The molecule has 272 valence electrons. The highest BCUT2D eigenvalue weighted by Gasteiger charge is 2.39. The van der Waals surface area contributed by atoms with Gasteiger partial charge in [0.1, 0.15) is 18.4 Å². The van der Waals surface area contributed by atoms with E-state index >= 15 is 0 Å². The van der Waals surface area contributed by atoms with Crippen molar-refractivity contribution in [2.75, 3.05) is 18.5 Å². The normalized spacial score (nSPS) is 16.5. The maximum atomic E-state index is 13.0. The van der Waals surface area contributed by atoms with Crippen LogP contribution in [0.5, 0.6) is 11.5 Å². The van der Waals surface area contributed by atoms with E-state index in [2.05, 4.69) is 83.4 Å². The predicted octanol–water partition coefficient (Wildman–Crippen LogP) is 7.74. The van der Waals surface area contributed by atoms with E-state index in [-0.39, 0.29) is 18.2 Å². The van der Waals surface area contributed by atoms with Crippen molar-refractivity contribution in [2.45, 2.75) is 51.3 Å². The molecule has 0 radical (unpaired) electrons. The summed E-state index contributed by atoms with van der Waals surface area (Å²) in [6, 6.07) is 40.3. The van der Waals surface area contributed by atoms with Gasteiger partial charge in [-0.25, -0.2) is 0 Å². The van der Waals surface area contributed by atoms with Crippen molar-refractivity contribution in [3.63, 3.8) is 0 Å². The molecule has 1 aliphatic carbocycles. The summed E-state index contributed by atoms with van der Waals surface area (Å²) in [6.07, 6.45) is 3.13. The van der Waals surface area contributed by atoms with Gasteiger partial charge in [-0.2, -0.15) is 4.89 Å². The van der Waals surface area contributed by atoms with E-state index in [1.807, 2.05) is 42.5 Å². The third-order valence-corrected chi connectivity index (χ3v) is 10.2. The first-order chi connectivity index (χ1) is 26.5. The minimum absolute atomic E-state index is 0.180. The van der Waals surface area contributed by atoms with Gasteiger partial charge in [-0.05, 0) is 113 Å². The summed E-state index contributed by atoms with van der Waals surface area (Å²) in [6.45, 7) is 1.89. The Morgan fingerprint density at radius 1 is 0.722 bits per heavy atom. The van der Waals surface area contributed by atoms with Crippen molar-refractivity contribution in [3.8, 4) is 11.5 Å². The Morgan fingerprint density at radius 3 is 2.28 bits per heavy atom. The molecule has 8 rings (SSSR count). The second-order valence-electron chi connectivity index (χ2n) is 13.8. The molecule has 0 unspecified atom stereocenters. The summed E-state index contributed by atoms with van der Waals surface area (Å²) in [7, 11) is 0. The topological polar surface area (TPSA) is 106 Å². The molecule has 0 aromatic heterocycles. The summed E-state index contributed by atoms with van der Waals surface area (Å²) < 4.78 is 6.18. The summed E-state index contributed by atoms with van der Waals surface area (Å²) in [5, 5.41) is 5.73. The zero-order valence-corrected chi connectivity index (χ0v) is 29.9. The molecule has 0 bridgehead atoms. The average molecular weight is 720 g/mol. The van der Waals surface area contributed by atoms with Crippen LogP contribution in [0, 0.1) is 0 Å². The minimum Gasteiger partial charge on any atom is -0.489 e. The number of anilines is 1. The van der Waals surface area contributed by atoms with Gasteiger partial charge in [-0.3, -0.25) is 19.7 Å². The first-order valence-corrected chi connectivity index (χ1v) is 18.5. The number of piperidine rings is 1. The zero-order chi connectivity index (χ0) is 36.9. The lowest BCUT2D eigenvalue weighted by molar-refractivity contribution is -0.206. The Balaban J connectivity index is 0.862. The summed E-state index contributed by atoms with van der Waals surface area (Å²) in [5.41, 5.74) is 10.8. The number of carbonyl (C=O) groups excluding carboxylic acids is 3. The molecule has 2 aliphatic heterocycles. The molecule has 2 heterocycles. The summed E-state index contributed by atoms with van der Waals surface area (Å²) >= 11 is 0. The number of imide groups is 1. The standard InChI is InChI=1S/C45H41N3O6/c49-42-23-22-41(44(50)47-42)48-28-34-26-35(15-20-40(34)45(48)51)46-24-7-25-53-54-36-16-12-32(13-17-36)43-38(31-10-5-2-6-11-31)19-14-33-27-37(18-21-39(33)43)52-29-30-8-3-1-4-9-30/h1-6,8-13,15-18,20-21,26-27,41,46H,7,14,19,22-25,28-29H2,(H,47,49,50)/t41-/m0/s1. The van der Waals surface area contributed by atoms with E-state index in [0.29, 0.717) is 50.5 Å². The number of carbonyl (C=O) groups is 3. The van der Waals surface area contributed by atoms with E-state index in [1.165, 1.54) is 27.8 Å². The monoisotopic (exact) mass is 719 g/mol. The molecule has 1 fully saturated rings. The number of fused-ring (bicyclic) bond motifs is 2. The fraction of sp³-hybridized carbons (Fsp3) is 0.222. The lowest BCUT2D eigenvalue weighted by Crippen LogP contribution is -2.52. The molecule has 0 spiro atoms.